The van der Waals surface area contributed by atoms with Gasteiger partial charge in [-0.2, -0.15) is 0 Å². The van der Waals surface area contributed by atoms with Crippen molar-refractivity contribution < 1.29 is 4.79 Å². The molecule has 1 heterocycles. The van der Waals surface area contributed by atoms with Crippen LogP contribution in [-0.4, -0.2) is 18.0 Å². The van der Waals surface area contributed by atoms with Gasteiger partial charge in [0.15, 0.2) is 0 Å². The lowest BCUT2D eigenvalue weighted by Crippen LogP contribution is -2.45. The number of nitrogens with one attached hydrogen (secondary N) is 2. The van der Waals surface area contributed by atoms with E-state index in [-0.39, 0.29) is 24.0 Å². The summed E-state index contributed by atoms with van der Waals surface area (Å²) in [6.45, 7) is 10.2. The zero-order chi connectivity index (χ0) is 13.7. The normalized spacial score (nSPS) is 16.1. The van der Waals surface area contributed by atoms with Crippen LogP contribution in [0.1, 0.15) is 49.9 Å². The van der Waals surface area contributed by atoms with Gasteiger partial charge < -0.3 is 5.32 Å². The Bertz CT molecular complexity index is 389. The topological polar surface area (TPSA) is 41.1 Å². The molecule has 0 aromatic carbocycles. The third-order valence-electron chi connectivity index (χ3n) is 3.08. The fourth-order valence-electron chi connectivity index (χ4n) is 1.69. The first kappa shape index (κ1) is 15.2. The predicted octanol–water partition coefficient (Wildman–Crippen LogP) is 3.01. The molecule has 0 bridgehead atoms. The molecule has 1 aromatic rings. The molecule has 102 valence electrons. The van der Waals surface area contributed by atoms with E-state index in [1.54, 1.807) is 11.3 Å². The lowest BCUT2D eigenvalue weighted by Gasteiger charge is -2.20. The van der Waals surface area contributed by atoms with Crippen LogP contribution in [0.25, 0.3) is 0 Å². The van der Waals surface area contributed by atoms with E-state index in [0.29, 0.717) is 0 Å². The monoisotopic (exact) mass is 268 g/mol. The van der Waals surface area contributed by atoms with Crippen molar-refractivity contribution in [2.24, 2.45) is 0 Å². The first-order chi connectivity index (χ1) is 8.43. The summed E-state index contributed by atoms with van der Waals surface area (Å²) >= 11 is 1.77. The van der Waals surface area contributed by atoms with E-state index in [1.807, 2.05) is 13.8 Å². The Hall–Kier alpha value is -0.870. The molecule has 2 N–H and O–H groups in total. The molecule has 3 nitrogen and oxygen atoms in total. The van der Waals surface area contributed by atoms with Crippen LogP contribution in [0.2, 0.25) is 0 Å². The third kappa shape index (κ3) is 4.42. The molecule has 0 spiro atoms. The second-order valence-corrected chi connectivity index (χ2v) is 6.20. The summed E-state index contributed by atoms with van der Waals surface area (Å²) < 4.78 is 0. The summed E-state index contributed by atoms with van der Waals surface area (Å²) in [6.07, 6.45) is 0.956. The maximum absolute atomic E-state index is 11.9. The molecule has 3 atom stereocenters. The number of rotatable bonds is 6. The highest BCUT2D eigenvalue weighted by molar-refractivity contribution is 7.12. The van der Waals surface area contributed by atoms with Gasteiger partial charge in [0, 0.05) is 21.8 Å². The van der Waals surface area contributed by atoms with Gasteiger partial charge in [0.25, 0.3) is 0 Å². The van der Waals surface area contributed by atoms with E-state index in [4.69, 9.17) is 0 Å². The molecule has 0 saturated heterocycles. The SMILES string of the molecule is CCC(C)NC(=O)C(C)NC(C)c1ccc(C)s1. The summed E-state index contributed by atoms with van der Waals surface area (Å²) in [5, 5.41) is 6.33. The molecular weight excluding hydrogens is 244 g/mol. The van der Waals surface area contributed by atoms with Crippen LogP contribution in [-0.2, 0) is 4.79 Å². The Morgan fingerprint density at radius 3 is 2.50 bits per heavy atom. The van der Waals surface area contributed by atoms with Gasteiger partial charge in [-0.05, 0) is 46.2 Å². The Balaban J connectivity index is 2.48. The van der Waals surface area contributed by atoms with E-state index in [2.05, 4.69) is 43.5 Å². The van der Waals surface area contributed by atoms with Gasteiger partial charge >= 0.3 is 0 Å². The molecule has 1 rings (SSSR count). The van der Waals surface area contributed by atoms with E-state index in [1.165, 1.54) is 9.75 Å². The predicted molar refractivity (Wildman–Crippen MR) is 78.0 cm³/mol. The average molecular weight is 268 g/mol. The van der Waals surface area contributed by atoms with Gasteiger partial charge in [-0.25, -0.2) is 0 Å². The minimum Gasteiger partial charge on any atom is -0.352 e. The average Bonchev–Trinajstić information content (AvgIpc) is 2.75. The standard InChI is InChI=1S/C14H24N2OS/c1-6-9(2)15-14(17)12(5)16-11(4)13-8-7-10(3)18-13/h7-9,11-12,16H,6H2,1-5H3,(H,15,17). The van der Waals surface area contributed by atoms with Crippen molar-refractivity contribution in [3.8, 4) is 0 Å². The zero-order valence-corrected chi connectivity index (χ0v) is 12.7. The van der Waals surface area contributed by atoms with Crippen LogP contribution in [0.3, 0.4) is 0 Å². The summed E-state index contributed by atoms with van der Waals surface area (Å²) in [5.41, 5.74) is 0. The number of hydrogen-bond donors (Lipinski definition) is 2. The highest BCUT2D eigenvalue weighted by atomic mass is 32.1. The second kappa shape index (κ2) is 6.90. The number of hydrogen-bond acceptors (Lipinski definition) is 3. The molecule has 0 saturated carbocycles. The van der Waals surface area contributed by atoms with Gasteiger partial charge in [0.05, 0.1) is 6.04 Å². The molecule has 1 amide bonds. The van der Waals surface area contributed by atoms with Gasteiger partial charge in [0.2, 0.25) is 5.91 Å². The molecular formula is C14H24N2OS. The van der Waals surface area contributed by atoms with Crippen LogP contribution >= 0.6 is 11.3 Å². The van der Waals surface area contributed by atoms with Crippen molar-refractivity contribution in [1.82, 2.24) is 10.6 Å². The Morgan fingerprint density at radius 2 is 2.00 bits per heavy atom. The van der Waals surface area contributed by atoms with Crippen molar-refractivity contribution in [3.63, 3.8) is 0 Å². The molecule has 0 aliphatic carbocycles. The number of amides is 1. The molecule has 4 heteroatoms. The fraction of sp³-hybridized carbons (Fsp3) is 0.643. The lowest BCUT2D eigenvalue weighted by atomic mass is 10.2. The van der Waals surface area contributed by atoms with Crippen molar-refractivity contribution in [2.75, 3.05) is 0 Å². The van der Waals surface area contributed by atoms with Crippen molar-refractivity contribution >= 4 is 17.2 Å². The van der Waals surface area contributed by atoms with Crippen LogP contribution in [0.5, 0.6) is 0 Å². The zero-order valence-electron chi connectivity index (χ0n) is 11.9. The highest BCUT2D eigenvalue weighted by Gasteiger charge is 2.17. The molecule has 0 fully saturated rings. The van der Waals surface area contributed by atoms with E-state index < -0.39 is 0 Å². The molecule has 0 aliphatic rings. The second-order valence-electron chi connectivity index (χ2n) is 4.88. The fourth-order valence-corrected chi connectivity index (χ4v) is 2.58. The maximum atomic E-state index is 11.9. The van der Waals surface area contributed by atoms with Gasteiger partial charge in [0.1, 0.15) is 0 Å². The minimum atomic E-state index is -0.170. The molecule has 0 aliphatic heterocycles. The van der Waals surface area contributed by atoms with Gasteiger partial charge in [-0.3, -0.25) is 10.1 Å². The number of thiophene rings is 1. The summed E-state index contributed by atoms with van der Waals surface area (Å²) in [4.78, 5) is 14.5. The first-order valence-corrected chi connectivity index (χ1v) is 7.38. The van der Waals surface area contributed by atoms with E-state index in [9.17, 15) is 4.79 Å². The van der Waals surface area contributed by atoms with Crippen LogP contribution in [0.15, 0.2) is 12.1 Å². The van der Waals surface area contributed by atoms with Crippen molar-refractivity contribution in [1.29, 1.82) is 0 Å². The van der Waals surface area contributed by atoms with Gasteiger partial charge in [-0.15, -0.1) is 11.3 Å². The molecule has 0 radical (unpaired) electrons. The van der Waals surface area contributed by atoms with Crippen LogP contribution in [0, 0.1) is 6.92 Å². The van der Waals surface area contributed by atoms with Crippen LogP contribution < -0.4 is 10.6 Å². The molecule has 3 unspecified atom stereocenters. The lowest BCUT2D eigenvalue weighted by molar-refractivity contribution is -0.123. The minimum absolute atomic E-state index is 0.0736. The maximum Gasteiger partial charge on any atom is 0.237 e. The van der Waals surface area contributed by atoms with Crippen molar-refractivity contribution in [3.05, 3.63) is 21.9 Å². The summed E-state index contributed by atoms with van der Waals surface area (Å²) in [7, 11) is 0. The first-order valence-electron chi connectivity index (χ1n) is 6.56. The van der Waals surface area contributed by atoms with Crippen molar-refractivity contribution in [2.45, 2.75) is 59.2 Å². The Labute approximate surface area is 114 Å². The Morgan fingerprint density at radius 1 is 1.33 bits per heavy atom. The Kier molecular flexibility index (Phi) is 5.82. The van der Waals surface area contributed by atoms with E-state index >= 15 is 0 Å². The number of aryl methyl sites for hydroxylation is 1. The highest BCUT2D eigenvalue weighted by Crippen LogP contribution is 2.22. The summed E-state index contributed by atoms with van der Waals surface area (Å²) in [5.74, 6) is 0.0736. The third-order valence-corrected chi connectivity index (χ3v) is 4.27. The van der Waals surface area contributed by atoms with Gasteiger partial charge in [-0.1, -0.05) is 6.92 Å². The van der Waals surface area contributed by atoms with E-state index in [0.717, 1.165) is 6.42 Å². The molecule has 18 heavy (non-hydrogen) atoms. The molecule has 1 aromatic heterocycles. The summed E-state index contributed by atoms with van der Waals surface area (Å²) in [6, 6.07) is 4.51. The number of carbonyl (C=O) groups is 1. The largest absolute Gasteiger partial charge is 0.352 e. The smallest absolute Gasteiger partial charge is 0.237 e. The number of carbonyl (C=O) groups excluding carboxylic acids is 1. The van der Waals surface area contributed by atoms with Crippen LogP contribution in [0.4, 0.5) is 0 Å². The quantitative estimate of drug-likeness (QED) is 0.832.